The fraction of sp³-hybridized carbons (Fsp3) is 0.0625. The van der Waals surface area contributed by atoms with Crippen LogP contribution in [0, 0.1) is 12.3 Å². The number of aromatic carboxylic acids is 1. The fourth-order valence-electron chi connectivity index (χ4n) is 1.92. The van der Waals surface area contributed by atoms with Crippen LogP contribution in [0.4, 0.5) is 5.69 Å². The van der Waals surface area contributed by atoms with E-state index in [0.29, 0.717) is 15.7 Å². The normalized spacial score (nSPS) is 10.8. The number of carboxylic acids is 1. The first kappa shape index (κ1) is 17.1. The van der Waals surface area contributed by atoms with Crippen molar-refractivity contribution in [3.8, 4) is 12.3 Å². The molecule has 118 valence electrons. The number of anilines is 1. The Morgan fingerprint density at radius 2 is 1.96 bits per heavy atom. The Morgan fingerprint density at radius 1 is 1.26 bits per heavy atom. The van der Waals surface area contributed by atoms with Crippen molar-refractivity contribution < 1.29 is 18.3 Å². The van der Waals surface area contributed by atoms with Crippen molar-refractivity contribution in [2.24, 2.45) is 0 Å². The lowest BCUT2D eigenvalue weighted by atomic mass is 10.2. The van der Waals surface area contributed by atoms with E-state index < -0.39 is 16.0 Å². The third kappa shape index (κ3) is 3.38. The Labute approximate surface area is 142 Å². The maximum Gasteiger partial charge on any atom is 0.336 e. The summed E-state index contributed by atoms with van der Waals surface area (Å²) in [6, 6.07) is 10.4. The second-order valence-electron chi connectivity index (χ2n) is 4.61. The molecule has 23 heavy (non-hydrogen) atoms. The Balaban J connectivity index is 2.51. The summed E-state index contributed by atoms with van der Waals surface area (Å²) < 4.78 is 26.7. The molecule has 0 heterocycles. The minimum Gasteiger partial charge on any atom is -0.478 e. The number of carboxylic acid groups (broad SMARTS) is 1. The highest BCUT2D eigenvalue weighted by atomic mass is 79.9. The van der Waals surface area contributed by atoms with Crippen molar-refractivity contribution in [3.63, 3.8) is 0 Å². The van der Waals surface area contributed by atoms with Crippen molar-refractivity contribution in [1.29, 1.82) is 0 Å². The molecule has 0 aromatic heterocycles. The van der Waals surface area contributed by atoms with Crippen LogP contribution in [-0.4, -0.2) is 26.5 Å². The van der Waals surface area contributed by atoms with Gasteiger partial charge in [-0.3, -0.25) is 4.31 Å². The van der Waals surface area contributed by atoms with Gasteiger partial charge in [0.15, 0.2) is 0 Å². The van der Waals surface area contributed by atoms with E-state index in [2.05, 4.69) is 21.9 Å². The van der Waals surface area contributed by atoms with E-state index in [1.54, 1.807) is 24.3 Å². The quantitative estimate of drug-likeness (QED) is 0.810. The van der Waals surface area contributed by atoms with Gasteiger partial charge in [-0.1, -0.05) is 12.0 Å². The average molecular weight is 394 g/mol. The summed E-state index contributed by atoms with van der Waals surface area (Å²) in [5.41, 5.74) is 0.809. The molecule has 0 aliphatic rings. The molecule has 0 aliphatic heterocycles. The summed E-state index contributed by atoms with van der Waals surface area (Å²) in [6.07, 6.45) is 5.32. The predicted molar refractivity (Wildman–Crippen MR) is 91.1 cm³/mol. The van der Waals surface area contributed by atoms with E-state index in [0.717, 1.165) is 10.4 Å². The molecule has 1 N–H and O–H groups in total. The molecule has 0 bridgehead atoms. The highest BCUT2D eigenvalue weighted by Gasteiger charge is 2.23. The number of hydrogen-bond donors (Lipinski definition) is 1. The smallest absolute Gasteiger partial charge is 0.336 e. The molecular weight excluding hydrogens is 382 g/mol. The van der Waals surface area contributed by atoms with Crippen LogP contribution >= 0.6 is 15.9 Å². The van der Waals surface area contributed by atoms with Crippen LogP contribution in [-0.2, 0) is 10.0 Å². The largest absolute Gasteiger partial charge is 0.478 e. The lowest BCUT2D eigenvalue weighted by Gasteiger charge is -2.20. The first-order chi connectivity index (χ1) is 10.8. The summed E-state index contributed by atoms with van der Waals surface area (Å²) in [6.45, 7) is 0. The lowest BCUT2D eigenvalue weighted by Crippen LogP contribution is -2.26. The molecule has 2 rings (SSSR count). The highest BCUT2D eigenvalue weighted by Crippen LogP contribution is 2.26. The van der Waals surface area contributed by atoms with Crippen LogP contribution in [0.1, 0.15) is 15.9 Å². The Bertz CT molecular complexity index is 916. The van der Waals surface area contributed by atoms with Crippen molar-refractivity contribution in [2.75, 3.05) is 11.4 Å². The number of sulfonamides is 1. The van der Waals surface area contributed by atoms with Crippen molar-refractivity contribution in [2.45, 2.75) is 4.90 Å². The zero-order valence-electron chi connectivity index (χ0n) is 12.0. The molecule has 2 aromatic rings. The molecule has 5 nitrogen and oxygen atoms in total. The molecule has 0 fully saturated rings. The molecule has 0 spiro atoms. The Kier molecular flexibility index (Phi) is 4.78. The number of rotatable bonds is 4. The Morgan fingerprint density at radius 3 is 2.57 bits per heavy atom. The van der Waals surface area contributed by atoms with Crippen LogP contribution in [0.2, 0.25) is 0 Å². The second-order valence-corrected chi connectivity index (χ2v) is 7.44. The monoisotopic (exact) mass is 393 g/mol. The maximum absolute atomic E-state index is 12.7. The number of hydrogen-bond acceptors (Lipinski definition) is 3. The van der Waals surface area contributed by atoms with Gasteiger partial charge in [0, 0.05) is 17.1 Å². The third-order valence-electron chi connectivity index (χ3n) is 3.20. The topological polar surface area (TPSA) is 74.7 Å². The number of nitrogens with zero attached hydrogens (tertiary/aromatic N) is 1. The predicted octanol–water partition coefficient (Wildman–Crippen LogP) is 2.95. The zero-order chi connectivity index (χ0) is 17.2. The highest BCUT2D eigenvalue weighted by molar-refractivity contribution is 9.10. The maximum atomic E-state index is 12.7. The lowest BCUT2D eigenvalue weighted by molar-refractivity contribution is 0.0695. The fourth-order valence-corrected chi connectivity index (χ4v) is 3.55. The summed E-state index contributed by atoms with van der Waals surface area (Å²) in [5.74, 6) is 1.22. The van der Waals surface area contributed by atoms with E-state index >= 15 is 0 Å². The van der Waals surface area contributed by atoms with Crippen LogP contribution in [0.5, 0.6) is 0 Å². The average Bonchev–Trinajstić information content (AvgIpc) is 2.54. The van der Waals surface area contributed by atoms with Crippen molar-refractivity contribution >= 4 is 37.6 Å². The molecule has 0 saturated carbocycles. The van der Waals surface area contributed by atoms with Gasteiger partial charge in [-0.25, -0.2) is 13.2 Å². The SMILES string of the molecule is C#Cc1cccc(N(C)S(=O)(=O)c2ccc(Br)c(C(=O)O)c2)c1. The molecule has 0 amide bonds. The van der Waals surface area contributed by atoms with E-state index in [1.165, 1.54) is 19.2 Å². The molecule has 0 aliphatic carbocycles. The summed E-state index contributed by atoms with van der Waals surface area (Å²) in [5, 5.41) is 9.12. The van der Waals surface area contributed by atoms with Crippen molar-refractivity contribution in [3.05, 3.63) is 58.1 Å². The van der Waals surface area contributed by atoms with Gasteiger partial charge in [0.05, 0.1) is 16.1 Å². The van der Waals surface area contributed by atoms with Crippen LogP contribution in [0.3, 0.4) is 0 Å². The number of terminal acetylenes is 1. The number of carbonyl (C=O) groups is 1. The molecule has 7 heteroatoms. The first-order valence-electron chi connectivity index (χ1n) is 6.36. The molecule has 0 atom stereocenters. The molecule has 0 radical (unpaired) electrons. The van der Waals surface area contributed by atoms with E-state index in [-0.39, 0.29) is 10.5 Å². The first-order valence-corrected chi connectivity index (χ1v) is 8.59. The summed E-state index contributed by atoms with van der Waals surface area (Å²) in [4.78, 5) is 11.0. The van der Waals surface area contributed by atoms with E-state index in [1.807, 2.05) is 0 Å². The van der Waals surface area contributed by atoms with Gasteiger partial charge in [0.25, 0.3) is 10.0 Å². The van der Waals surface area contributed by atoms with Gasteiger partial charge in [0.2, 0.25) is 0 Å². The number of halogens is 1. The van der Waals surface area contributed by atoms with E-state index in [9.17, 15) is 13.2 Å². The zero-order valence-corrected chi connectivity index (χ0v) is 14.4. The van der Waals surface area contributed by atoms with Gasteiger partial charge < -0.3 is 5.11 Å². The molecule has 2 aromatic carbocycles. The minimum absolute atomic E-state index is 0.119. The van der Waals surface area contributed by atoms with Gasteiger partial charge in [-0.15, -0.1) is 6.42 Å². The second kappa shape index (κ2) is 6.44. The molecule has 0 saturated heterocycles. The van der Waals surface area contributed by atoms with Crippen LogP contribution < -0.4 is 4.31 Å². The Hall–Kier alpha value is -2.30. The van der Waals surface area contributed by atoms with Gasteiger partial charge in [-0.2, -0.15) is 0 Å². The summed E-state index contributed by atoms with van der Waals surface area (Å²) in [7, 11) is -2.53. The molecular formula is C16H12BrNO4S. The number of benzene rings is 2. The minimum atomic E-state index is -3.91. The van der Waals surface area contributed by atoms with Crippen molar-refractivity contribution in [1.82, 2.24) is 0 Å². The molecule has 0 unspecified atom stereocenters. The van der Waals surface area contributed by atoms with Gasteiger partial charge in [0.1, 0.15) is 0 Å². The van der Waals surface area contributed by atoms with E-state index in [4.69, 9.17) is 11.5 Å². The summed E-state index contributed by atoms with van der Waals surface area (Å²) >= 11 is 3.09. The van der Waals surface area contributed by atoms with Gasteiger partial charge in [-0.05, 0) is 52.3 Å². The van der Waals surface area contributed by atoms with Gasteiger partial charge >= 0.3 is 5.97 Å². The third-order valence-corrected chi connectivity index (χ3v) is 5.68. The standard InChI is InChI=1S/C16H12BrNO4S/c1-3-11-5-4-6-12(9-11)18(2)23(21,22)13-7-8-15(17)14(10-13)16(19)20/h1,4-10H,2H3,(H,19,20). The van der Waals surface area contributed by atoms with Crippen LogP contribution in [0.15, 0.2) is 51.8 Å². The van der Waals surface area contributed by atoms with Crippen LogP contribution in [0.25, 0.3) is 0 Å².